The van der Waals surface area contributed by atoms with Gasteiger partial charge in [-0.05, 0) is 77.0 Å². The van der Waals surface area contributed by atoms with Crippen LogP contribution in [-0.4, -0.2) is 37.2 Å². The molecule has 0 radical (unpaired) electrons. The quantitative estimate of drug-likeness (QED) is 0.0261. The normalized spacial score (nSPS) is 12.2. The zero-order chi connectivity index (χ0) is 52.9. The van der Waals surface area contributed by atoms with Gasteiger partial charge >= 0.3 is 17.9 Å². The summed E-state index contributed by atoms with van der Waals surface area (Å²) in [6, 6.07) is 0. The van der Waals surface area contributed by atoms with Gasteiger partial charge in [0.1, 0.15) is 13.2 Å². The van der Waals surface area contributed by atoms with E-state index in [0.717, 1.165) is 64.2 Å². The summed E-state index contributed by atoms with van der Waals surface area (Å²) in [7, 11) is 0. The van der Waals surface area contributed by atoms with E-state index in [4.69, 9.17) is 14.2 Å². The van der Waals surface area contributed by atoms with Gasteiger partial charge in [0.2, 0.25) is 0 Å². The van der Waals surface area contributed by atoms with Crippen LogP contribution in [0.15, 0.2) is 36.5 Å². The van der Waals surface area contributed by atoms with Crippen LogP contribution in [0.1, 0.15) is 355 Å². The monoisotopic (exact) mass is 1020 g/mol. The molecule has 0 saturated carbocycles. The third kappa shape index (κ3) is 60.4. The predicted molar refractivity (Wildman–Crippen MR) is 316 cm³/mol. The highest BCUT2D eigenvalue weighted by atomic mass is 16.6. The van der Waals surface area contributed by atoms with Crippen LogP contribution in [-0.2, 0) is 28.6 Å². The molecule has 428 valence electrons. The Labute approximate surface area is 455 Å². The maximum absolute atomic E-state index is 12.8. The largest absolute Gasteiger partial charge is 0.462 e. The second-order valence-corrected chi connectivity index (χ2v) is 22.0. The van der Waals surface area contributed by atoms with Crippen LogP contribution in [0.5, 0.6) is 0 Å². The second-order valence-electron chi connectivity index (χ2n) is 22.0. The average molecular weight is 1030 g/mol. The molecule has 0 aromatic carbocycles. The maximum Gasteiger partial charge on any atom is 0.306 e. The van der Waals surface area contributed by atoms with E-state index in [1.807, 2.05) is 0 Å². The molecule has 6 nitrogen and oxygen atoms in total. The van der Waals surface area contributed by atoms with Gasteiger partial charge in [-0.2, -0.15) is 0 Å². The van der Waals surface area contributed by atoms with Crippen molar-refractivity contribution in [2.24, 2.45) is 0 Å². The number of hydrogen-bond donors (Lipinski definition) is 0. The van der Waals surface area contributed by atoms with Crippen molar-refractivity contribution in [1.82, 2.24) is 0 Å². The lowest BCUT2D eigenvalue weighted by Crippen LogP contribution is -2.30. The van der Waals surface area contributed by atoms with E-state index in [0.29, 0.717) is 19.3 Å². The summed E-state index contributed by atoms with van der Waals surface area (Å²) >= 11 is 0. The van der Waals surface area contributed by atoms with Gasteiger partial charge < -0.3 is 14.2 Å². The number of carbonyl (C=O) groups is 3. The van der Waals surface area contributed by atoms with Gasteiger partial charge in [-0.1, -0.05) is 295 Å². The Bertz CT molecular complexity index is 1220. The topological polar surface area (TPSA) is 78.9 Å². The average Bonchev–Trinajstić information content (AvgIpc) is 3.39. The highest BCUT2D eigenvalue weighted by molar-refractivity contribution is 5.71. The number of hydrogen-bond acceptors (Lipinski definition) is 6. The van der Waals surface area contributed by atoms with Crippen LogP contribution in [0.2, 0.25) is 0 Å². The SMILES string of the molecule is CCCCC/C=C\C/C=C\CCCCCCCCCCCC(=O)OC(COC(=O)CCCCCCCCC)COC(=O)CCCCCCCCCCCCCCCCCCC/C=C\CCCCCCCCCC. The standard InChI is InChI=1S/C67H124O6/c1-4-7-10-13-16-18-20-22-24-26-28-29-30-31-32-33-34-35-36-37-39-40-42-44-46-48-51-54-57-60-66(69)72-63-64(62-71-65(68)59-56-53-50-15-12-9-6-3)73-67(70)61-58-55-52-49-47-45-43-41-38-27-25-23-21-19-17-14-11-8-5-2/h17,19,23,25-26,28,64H,4-16,18,20-22,24,27,29-63H2,1-3H3/b19-17-,25-23-,28-26-. The van der Waals surface area contributed by atoms with E-state index in [1.165, 1.54) is 250 Å². The molecule has 0 aromatic heterocycles. The molecule has 0 aliphatic heterocycles. The molecular formula is C67H124O6. The van der Waals surface area contributed by atoms with Gasteiger partial charge in [0.15, 0.2) is 6.10 Å². The van der Waals surface area contributed by atoms with Crippen molar-refractivity contribution in [3.8, 4) is 0 Å². The van der Waals surface area contributed by atoms with Crippen molar-refractivity contribution in [3.05, 3.63) is 36.5 Å². The summed E-state index contributed by atoms with van der Waals surface area (Å²) in [4.78, 5) is 38.1. The van der Waals surface area contributed by atoms with Crippen molar-refractivity contribution in [2.45, 2.75) is 361 Å². The minimum absolute atomic E-state index is 0.0696. The molecule has 1 unspecified atom stereocenters. The Morgan fingerprint density at radius 1 is 0.274 bits per heavy atom. The van der Waals surface area contributed by atoms with E-state index < -0.39 is 6.10 Å². The van der Waals surface area contributed by atoms with Gasteiger partial charge in [-0.3, -0.25) is 14.4 Å². The molecule has 0 aliphatic rings. The van der Waals surface area contributed by atoms with Crippen LogP contribution in [0.4, 0.5) is 0 Å². The Kier molecular flexibility index (Phi) is 60.2. The Morgan fingerprint density at radius 2 is 0.493 bits per heavy atom. The van der Waals surface area contributed by atoms with E-state index in [1.54, 1.807) is 0 Å². The molecule has 0 bridgehead atoms. The molecule has 0 N–H and O–H groups in total. The van der Waals surface area contributed by atoms with Crippen molar-refractivity contribution in [2.75, 3.05) is 13.2 Å². The third-order valence-corrected chi connectivity index (χ3v) is 14.6. The van der Waals surface area contributed by atoms with Crippen LogP contribution >= 0.6 is 0 Å². The van der Waals surface area contributed by atoms with Gasteiger partial charge in [0, 0.05) is 19.3 Å². The van der Waals surface area contributed by atoms with Crippen molar-refractivity contribution in [3.63, 3.8) is 0 Å². The van der Waals surface area contributed by atoms with Crippen molar-refractivity contribution >= 4 is 17.9 Å². The lowest BCUT2D eigenvalue weighted by molar-refractivity contribution is -0.167. The summed E-state index contributed by atoms with van der Waals surface area (Å²) < 4.78 is 16.8. The van der Waals surface area contributed by atoms with Gasteiger partial charge in [0.25, 0.3) is 0 Å². The molecule has 0 fully saturated rings. The van der Waals surface area contributed by atoms with Crippen LogP contribution < -0.4 is 0 Å². The molecule has 0 saturated heterocycles. The molecule has 6 heteroatoms. The van der Waals surface area contributed by atoms with E-state index in [-0.39, 0.29) is 31.1 Å². The Morgan fingerprint density at radius 3 is 0.795 bits per heavy atom. The summed E-state index contributed by atoms with van der Waals surface area (Å²) in [6.45, 7) is 6.62. The van der Waals surface area contributed by atoms with Crippen LogP contribution in [0.25, 0.3) is 0 Å². The number of carbonyl (C=O) groups excluding carboxylic acids is 3. The van der Waals surface area contributed by atoms with Crippen LogP contribution in [0, 0.1) is 0 Å². The summed E-state index contributed by atoms with van der Waals surface area (Å²) in [5.41, 5.74) is 0. The molecule has 0 aromatic rings. The number of rotatable bonds is 60. The Balaban J connectivity index is 4.04. The zero-order valence-electron chi connectivity index (χ0n) is 49.2. The summed E-state index contributed by atoms with van der Waals surface area (Å²) in [6.07, 6.45) is 76.2. The summed E-state index contributed by atoms with van der Waals surface area (Å²) in [5, 5.41) is 0. The fourth-order valence-corrected chi connectivity index (χ4v) is 9.71. The van der Waals surface area contributed by atoms with Crippen molar-refractivity contribution in [1.29, 1.82) is 0 Å². The Hall–Kier alpha value is -2.37. The molecule has 0 amide bonds. The third-order valence-electron chi connectivity index (χ3n) is 14.6. The second kappa shape index (κ2) is 62.2. The zero-order valence-corrected chi connectivity index (χ0v) is 49.2. The first kappa shape index (κ1) is 70.6. The first-order chi connectivity index (χ1) is 36.0. The number of ether oxygens (including phenoxy) is 3. The lowest BCUT2D eigenvalue weighted by Gasteiger charge is -2.18. The summed E-state index contributed by atoms with van der Waals surface area (Å²) in [5.74, 6) is -0.860. The molecule has 0 spiro atoms. The molecule has 1 atom stereocenters. The van der Waals surface area contributed by atoms with Gasteiger partial charge in [-0.15, -0.1) is 0 Å². The predicted octanol–water partition coefficient (Wildman–Crippen LogP) is 22.0. The molecular weight excluding hydrogens is 901 g/mol. The van der Waals surface area contributed by atoms with E-state index in [2.05, 4.69) is 57.2 Å². The highest BCUT2D eigenvalue weighted by Gasteiger charge is 2.19. The minimum atomic E-state index is -0.770. The fourth-order valence-electron chi connectivity index (χ4n) is 9.71. The van der Waals surface area contributed by atoms with E-state index in [9.17, 15) is 14.4 Å². The smallest absolute Gasteiger partial charge is 0.306 e. The minimum Gasteiger partial charge on any atom is -0.462 e. The molecule has 0 rings (SSSR count). The van der Waals surface area contributed by atoms with E-state index >= 15 is 0 Å². The van der Waals surface area contributed by atoms with Gasteiger partial charge in [-0.25, -0.2) is 0 Å². The maximum atomic E-state index is 12.8. The molecule has 73 heavy (non-hydrogen) atoms. The highest BCUT2D eigenvalue weighted by Crippen LogP contribution is 2.17. The van der Waals surface area contributed by atoms with Crippen molar-refractivity contribution < 1.29 is 28.6 Å². The number of unbranched alkanes of at least 4 members (excludes halogenated alkanes) is 43. The number of allylic oxidation sites excluding steroid dienone is 6. The number of esters is 3. The fraction of sp³-hybridized carbons (Fsp3) is 0.866. The molecule has 0 heterocycles. The first-order valence-corrected chi connectivity index (χ1v) is 32.5. The van der Waals surface area contributed by atoms with Crippen LogP contribution in [0.3, 0.4) is 0 Å². The molecule has 0 aliphatic carbocycles. The first-order valence-electron chi connectivity index (χ1n) is 32.5. The van der Waals surface area contributed by atoms with Gasteiger partial charge in [0.05, 0.1) is 0 Å². The lowest BCUT2D eigenvalue weighted by atomic mass is 10.0.